The summed E-state index contributed by atoms with van der Waals surface area (Å²) in [7, 11) is 3.50. The summed E-state index contributed by atoms with van der Waals surface area (Å²) in [6.07, 6.45) is 0. The van der Waals surface area contributed by atoms with E-state index in [1.54, 1.807) is 7.05 Å². The van der Waals surface area contributed by atoms with Crippen LogP contribution in [0.3, 0.4) is 0 Å². The first-order chi connectivity index (χ1) is 7.27. The predicted octanol–water partition coefficient (Wildman–Crippen LogP) is 0.515. The molecule has 92 valence electrons. The molecule has 0 radical (unpaired) electrons. The molecule has 1 rings (SSSR count). The first kappa shape index (κ1) is 13.0. The van der Waals surface area contributed by atoms with Crippen LogP contribution in [0, 0.1) is 5.41 Å². The van der Waals surface area contributed by atoms with Crippen molar-refractivity contribution in [2.75, 3.05) is 27.2 Å². The van der Waals surface area contributed by atoms with Crippen molar-refractivity contribution < 1.29 is 9.59 Å². The fourth-order valence-corrected chi connectivity index (χ4v) is 1.83. The summed E-state index contributed by atoms with van der Waals surface area (Å²) in [4.78, 5) is 26.1. The molecule has 1 atom stereocenters. The largest absolute Gasteiger partial charge is 0.327 e. The first-order valence-electron chi connectivity index (χ1n) is 5.50. The Balaban J connectivity index is 2.73. The maximum atomic E-state index is 11.7. The minimum Gasteiger partial charge on any atom is -0.318 e. The number of carbonyl (C=O) groups excluding carboxylic acids is 2. The molecule has 0 spiro atoms. The molecule has 1 aliphatic heterocycles. The number of amides is 3. The zero-order valence-electron chi connectivity index (χ0n) is 10.7. The molecule has 1 N–H and O–H groups in total. The van der Waals surface area contributed by atoms with Crippen LogP contribution in [-0.4, -0.2) is 55.0 Å². The third kappa shape index (κ3) is 2.52. The van der Waals surface area contributed by atoms with E-state index >= 15 is 0 Å². The number of rotatable bonds is 3. The lowest BCUT2D eigenvalue weighted by atomic mass is 9.86. The van der Waals surface area contributed by atoms with Crippen molar-refractivity contribution in [2.45, 2.75) is 26.8 Å². The van der Waals surface area contributed by atoms with Crippen LogP contribution in [0.2, 0.25) is 0 Å². The molecule has 16 heavy (non-hydrogen) atoms. The van der Waals surface area contributed by atoms with E-state index in [4.69, 9.17) is 0 Å². The maximum Gasteiger partial charge on any atom is 0.327 e. The highest BCUT2D eigenvalue weighted by atomic mass is 16.2. The van der Waals surface area contributed by atoms with Crippen LogP contribution in [0.5, 0.6) is 0 Å². The number of likely N-dealkylation sites (N-methyl/N-ethyl adjacent to an activating group) is 2. The van der Waals surface area contributed by atoms with Crippen molar-refractivity contribution in [1.82, 2.24) is 15.1 Å². The molecule has 0 bridgehead atoms. The number of nitrogens with zero attached hydrogens (tertiary/aromatic N) is 2. The van der Waals surface area contributed by atoms with E-state index in [0.29, 0.717) is 6.54 Å². The van der Waals surface area contributed by atoms with Gasteiger partial charge in [0.2, 0.25) is 5.91 Å². The number of imide groups is 1. The Hall–Kier alpha value is -1.10. The average Bonchev–Trinajstić information content (AvgIpc) is 2.37. The topological polar surface area (TPSA) is 52.7 Å². The van der Waals surface area contributed by atoms with Gasteiger partial charge in [0.15, 0.2) is 0 Å². The van der Waals surface area contributed by atoms with Crippen molar-refractivity contribution in [3.63, 3.8) is 0 Å². The summed E-state index contributed by atoms with van der Waals surface area (Å²) >= 11 is 0. The Morgan fingerprint density at radius 1 is 1.38 bits per heavy atom. The third-order valence-corrected chi connectivity index (χ3v) is 2.99. The van der Waals surface area contributed by atoms with Gasteiger partial charge in [0.25, 0.3) is 0 Å². The lowest BCUT2D eigenvalue weighted by Gasteiger charge is -2.32. The molecule has 1 unspecified atom stereocenters. The van der Waals surface area contributed by atoms with Gasteiger partial charge >= 0.3 is 6.03 Å². The third-order valence-electron chi connectivity index (χ3n) is 2.99. The predicted molar refractivity (Wildman–Crippen MR) is 62.0 cm³/mol. The molecule has 5 nitrogen and oxygen atoms in total. The van der Waals surface area contributed by atoms with Crippen LogP contribution in [0.25, 0.3) is 0 Å². The first-order valence-corrected chi connectivity index (χ1v) is 5.50. The highest BCUT2D eigenvalue weighted by molar-refractivity contribution is 6.01. The van der Waals surface area contributed by atoms with E-state index in [0.717, 1.165) is 0 Å². The van der Waals surface area contributed by atoms with Crippen molar-refractivity contribution in [3.05, 3.63) is 0 Å². The van der Waals surface area contributed by atoms with E-state index in [1.165, 1.54) is 9.80 Å². The SMILES string of the molecule is CNC(CN1C(=O)CN(C)C1=O)C(C)(C)C. The van der Waals surface area contributed by atoms with Gasteiger partial charge in [-0.15, -0.1) is 0 Å². The smallest absolute Gasteiger partial charge is 0.318 e. The summed E-state index contributed by atoms with van der Waals surface area (Å²) in [5.74, 6) is -0.114. The number of nitrogens with one attached hydrogen (secondary N) is 1. The zero-order chi connectivity index (χ0) is 12.5. The Morgan fingerprint density at radius 2 is 1.94 bits per heavy atom. The van der Waals surface area contributed by atoms with Crippen LogP contribution in [0.1, 0.15) is 20.8 Å². The van der Waals surface area contributed by atoms with E-state index in [2.05, 4.69) is 26.1 Å². The highest BCUT2D eigenvalue weighted by Gasteiger charge is 2.37. The molecule has 1 saturated heterocycles. The molecular weight excluding hydrogens is 206 g/mol. The number of hydrogen-bond donors (Lipinski definition) is 1. The van der Waals surface area contributed by atoms with Crippen molar-refractivity contribution in [2.24, 2.45) is 5.41 Å². The molecular formula is C11H21N3O2. The number of hydrogen-bond acceptors (Lipinski definition) is 3. The van der Waals surface area contributed by atoms with Gasteiger partial charge in [-0.2, -0.15) is 0 Å². The van der Waals surface area contributed by atoms with Crippen LogP contribution < -0.4 is 5.32 Å². The molecule has 0 aromatic heterocycles. The lowest BCUT2D eigenvalue weighted by Crippen LogP contribution is -2.49. The van der Waals surface area contributed by atoms with Crippen molar-refractivity contribution >= 4 is 11.9 Å². The second kappa shape index (κ2) is 4.41. The lowest BCUT2D eigenvalue weighted by molar-refractivity contribution is -0.125. The second-order valence-electron chi connectivity index (χ2n) is 5.35. The molecule has 1 fully saturated rings. The van der Waals surface area contributed by atoms with Crippen molar-refractivity contribution in [1.29, 1.82) is 0 Å². The van der Waals surface area contributed by atoms with Crippen LogP contribution in [0.4, 0.5) is 4.79 Å². The summed E-state index contributed by atoms with van der Waals surface area (Å²) in [5.41, 5.74) is 0.0104. The van der Waals surface area contributed by atoms with Crippen LogP contribution >= 0.6 is 0 Å². The minimum atomic E-state index is -0.200. The van der Waals surface area contributed by atoms with Gasteiger partial charge in [0.05, 0.1) is 0 Å². The van der Waals surface area contributed by atoms with Gasteiger partial charge in [-0.25, -0.2) is 4.79 Å². The average molecular weight is 227 g/mol. The van der Waals surface area contributed by atoms with E-state index in [1.807, 2.05) is 7.05 Å². The molecule has 5 heteroatoms. The van der Waals surface area contributed by atoms with Crippen molar-refractivity contribution in [3.8, 4) is 0 Å². The summed E-state index contributed by atoms with van der Waals surface area (Å²) in [6, 6.07) is -0.0959. The highest BCUT2D eigenvalue weighted by Crippen LogP contribution is 2.21. The molecule has 0 saturated carbocycles. The van der Waals surface area contributed by atoms with E-state index in [-0.39, 0.29) is 29.9 Å². The Labute approximate surface area is 96.8 Å². The summed E-state index contributed by atoms with van der Waals surface area (Å²) in [5, 5.41) is 3.16. The fraction of sp³-hybridized carbons (Fsp3) is 0.818. The van der Waals surface area contributed by atoms with Gasteiger partial charge in [-0.3, -0.25) is 9.69 Å². The van der Waals surface area contributed by atoms with Gasteiger partial charge in [0.1, 0.15) is 6.54 Å². The standard InChI is InChI=1S/C11H21N3O2/c1-11(2,3)8(12-4)6-14-9(15)7-13(5)10(14)16/h8,12H,6-7H2,1-5H3. The quantitative estimate of drug-likeness (QED) is 0.715. The maximum absolute atomic E-state index is 11.7. The molecule has 3 amide bonds. The monoisotopic (exact) mass is 227 g/mol. The van der Waals surface area contributed by atoms with Gasteiger partial charge in [-0.1, -0.05) is 20.8 Å². The van der Waals surface area contributed by atoms with Gasteiger partial charge < -0.3 is 10.2 Å². The summed E-state index contributed by atoms with van der Waals surface area (Å²) in [6.45, 7) is 6.89. The molecule has 0 aromatic rings. The van der Waals surface area contributed by atoms with E-state index in [9.17, 15) is 9.59 Å². The molecule has 1 heterocycles. The van der Waals surface area contributed by atoms with Crippen LogP contribution in [-0.2, 0) is 4.79 Å². The second-order valence-corrected chi connectivity index (χ2v) is 5.35. The van der Waals surface area contributed by atoms with E-state index < -0.39 is 0 Å². The minimum absolute atomic E-state index is 0.0104. The van der Waals surface area contributed by atoms with Crippen LogP contribution in [0.15, 0.2) is 0 Å². The normalized spacial score (nSPS) is 19.6. The Morgan fingerprint density at radius 3 is 2.25 bits per heavy atom. The zero-order valence-corrected chi connectivity index (χ0v) is 10.7. The molecule has 0 aliphatic carbocycles. The number of urea groups is 1. The fourth-order valence-electron chi connectivity index (χ4n) is 1.83. The van der Waals surface area contributed by atoms with Gasteiger partial charge in [0, 0.05) is 19.6 Å². The molecule has 0 aromatic carbocycles. The number of carbonyl (C=O) groups is 2. The molecule has 1 aliphatic rings. The Bertz CT molecular complexity index is 296. The summed E-state index contributed by atoms with van der Waals surface area (Å²) < 4.78 is 0. The Kier molecular flexibility index (Phi) is 3.57. The van der Waals surface area contributed by atoms with Gasteiger partial charge in [-0.05, 0) is 12.5 Å².